The second kappa shape index (κ2) is 4.79. The summed E-state index contributed by atoms with van der Waals surface area (Å²) in [5, 5.41) is 5.67. The Kier molecular flexibility index (Phi) is 3.68. The van der Waals surface area contributed by atoms with Gasteiger partial charge in [-0.2, -0.15) is 0 Å². The maximum absolute atomic E-state index is 10.9. The molecule has 1 rings (SSSR count). The van der Waals surface area contributed by atoms with E-state index in [1.165, 1.54) is 13.8 Å². The molecule has 0 fully saturated rings. The second-order valence-corrected chi connectivity index (χ2v) is 3.49. The van der Waals surface area contributed by atoms with E-state index in [9.17, 15) is 9.59 Å². The lowest BCUT2D eigenvalue weighted by Gasteiger charge is -2.10. The van der Waals surface area contributed by atoms with Gasteiger partial charge in [-0.25, -0.2) is 0 Å². The molecule has 0 heterocycles. The van der Waals surface area contributed by atoms with Crippen LogP contribution >= 0.6 is 11.6 Å². The van der Waals surface area contributed by atoms with Crippen LogP contribution in [0.1, 0.15) is 13.8 Å². The average molecular weight is 227 g/mol. The van der Waals surface area contributed by atoms with Gasteiger partial charge in [0.15, 0.2) is 0 Å². The summed E-state index contributed by atoms with van der Waals surface area (Å²) in [7, 11) is 0. The minimum atomic E-state index is -0.219. The van der Waals surface area contributed by atoms with Crippen molar-refractivity contribution in [2.45, 2.75) is 13.8 Å². The van der Waals surface area contributed by atoms with Gasteiger partial charge in [0.05, 0.1) is 11.4 Å². The highest BCUT2D eigenvalue weighted by Crippen LogP contribution is 2.25. The van der Waals surface area contributed by atoms with Crippen LogP contribution in [0.25, 0.3) is 0 Å². The van der Waals surface area contributed by atoms with Crippen molar-refractivity contribution < 1.29 is 9.59 Å². The number of nitrogens with one attached hydrogen (secondary N) is 2. The second-order valence-electron chi connectivity index (χ2n) is 3.05. The molecule has 1 aromatic carbocycles. The monoisotopic (exact) mass is 226 g/mol. The normalized spacial score (nSPS) is 9.53. The third-order valence-corrected chi connectivity index (χ3v) is 1.84. The van der Waals surface area contributed by atoms with Crippen LogP contribution in [0.2, 0.25) is 5.02 Å². The largest absolute Gasteiger partial charge is 0.325 e. The van der Waals surface area contributed by atoms with Crippen LogP contribution in [0, 0.1) is 0 Å². The predicted octanol–water partition coefficient (Wildman–Crippen LogP) is 2.26. The number of hydrogen-bond donors (Lipinski definition) is 2. The third kappa shape index (κ3) is 3.59. The Morgan fingerprint density at radius 3 is 2.13 bits per heavy atom. The van der Waals surface area contributed by atoms with Crippen LogP contribution in [-0.2, 0) is 9.59 Å². The van der Waals surface area contributed by atoms with Gasteiger partial charge >= 0.3 is 0 Å². The van der Waals surface area contributed by atoms with Crippen LogP contribution in [0.5, 0.6) is 0 Å². The zero-order chi connectivity index (χ0) is 11.4. The number of carbonyl (C=O) groups is 2. The van der Waals surface area contributed by atoms with Crippen molar-refractivity contribution in [1.29, 1.82) is 0 Å². The molecule has 0 saturated heterocycles. The molecule has 0 aliphatic heterocycles. The molecule has 1 aromatic rings. The summed E-state index contributed by atoms with van der Waals surface area (Å²) in [6.07, 6.45) is 0. The number of amides is 2. The van der Waals surface area contributed by atoms with Gasteiger partial charge in [0.25, 0.3) is 0 Å². The van der Waals surface area contributed by atoms with Crippen molar-refractivity contribution >= 4 is 34.8 Å². The average Bonchev–Trinajstić information content (AvgIpc) is 2.08. The lowest BCUT2D eigenvalue weighted by atomic mass is 10.2. The van der Waals surface area contributed by atoms with Gasteiger partial charge in [-0.15, -0.1) is 0 Å². The first kappa shape index (κ1) is 11.5. The van der Waals surface area contributed by atoms with Crippen molar-refractivity contribution in [3.8, 4) is 0 Å². The third-order valence-electron chi connectivity index (χ3n) is 1.60. The van der Waals surface area contributed by atoms with Crippen molar-refractivity contribution in [3.05, 3.63) is 23.2 Å². The van der Waals surface area contributed by atoms with Crippen molar-refractivity contribution in [2.24, 2.45) is 0 Å². The molecular formula is C10H11ClN2O2. The van der Waals surface area contributed by atoms with Gasteiger partial charge in [-0.3, -0.25) is 9.59 Å². The van der Waals surface area contributed by atoms with Crippen LogP contribution in [0.3, 0.4) is 0 Å². The van der Waals surface area contributed by atoms with E-state index in [0.717, 1.165) is 0 Å². The first-order valence-electron chi connectivity index (χ1n) is 4.34. The number of anilines is 2. The van der Waals surface area contributed by atoms with E-state index in [2.05, 4.69) is 10.6 Å². The molecule has 0 aliphatic rings. The highest BCUT2D eigenvalue weighted by molar-refractivity contribution is 6.31. The summed E-state index contributed by atoms with van der Waals surface area (Å²) in [6.45, 7) is 2.78. The Morgan fingerprint density at radius 2 is 1.60 bits per heavy atom. The molecule has 0 saturated carbocycles. The van der Waals surface area contributed by atoms with E-state index in [1.54, 1.807) is 18.2 Å². The fraction of sp³-hybridized carbons (Fsp3) is 0.200. The first-order chi connectivity index (χ1) is 6.99. The van der Waals surface area contributed by atoms with Crippen molar-refractivity contribution in [3.63, 3.8) is 0 Å². The lowest BCUT2D eigenvalue weighted by Crippen LogP contribution is -2.12. The van der Waals surface area contributed by atoms with Crippen LogP contribution < -0.4 is 10.6 Å². The minimum Gasteiger partial charge on any atom is -0.325 e. The molecule has 15 heavy (non-hydrogen) atoms. The summed E-state index contributed by atoms with van der Waals surface area (Å²) in [6, 6.07) is 4.85. The summed E-state index contributed by atoms with van der Waals surface area (Å²) in [5.74, 6) is -0.423. The Bertz CT molecular complexity index is 404. The molecule has 80 valence electrons. The molecule has 0 aliphatic carbocycles. The van der Waals surface area contributed by atoms with Gasteiger partial charge in [-0.05, 0) is 18.2 Å². The zero-order valence-electron chi connectivity index (χ0n) is 8.43. The summed E-state index contributed by atoms with van der Waals surface area (Å²) < 4.78 is 0. The number of rotatable bonds is 2. The smallest absolute Gasteiger partial charge is 0.221 e. The number of carbonyl (C=O) groups excluding carboxylic acids is 2. The summed E-state index contributed by atoms with van der Waals surface area (Å²) in [4.78, 5) is 21.8. The topological polar surface area (TPSA) is 58.2 Å². The molecule has 2 amide bonds. The van der Waals surface area contributed by atoms with Crippen molar-refractivity contribution in [1.82, 2.24) is 0 Å². The van der Waals surface area contributed by atoms with Gasteiger partial charge in [-0.1, -0.05) is 11.6 Å². The molecule has 4 nitrogen and oxygen atoms in total. The van der Waals surface area contributed by atoms with Crippen LogP contribution in [-0.4, -0.2) is 11.8 Å². The van der Waals surface area contributed by atoms with E-state index in [1.807, 2.05) is 0 Å². The highest BCUT2D eigenvalue weighted by atomic mass is 35.5. The standard InChI is InChI=1S/C10H11ClN2O2/c1-6(14)12-9-4-3-8(11)5-10(9)13-7(2)15/h3-5H,1-2H3,(H,12,14)(H,13,15). The zero-order valence-corrected chi connectivity index (χ0v) is 9.18. The maximum Gasteiger partial charge on any atom is 0.221 e. The van der Waals surface area contributed by atoms with Crippen LogP contribution in [0.15, 0.2) is 18.2 Å². The molecule has 0 aromatic heterocycles. The van der Waals surface area contributed by atoms with Crippen molar-refractivity contribution in [2.75, 3.05) is 10.6 Å². The van der Waals surface area contributed by atoms with Gasteiger partial charge in [0, 0.05) is 18.9 Å². The van der Waals surface area contributed by atoms with Crippen LogP contribution in [0.4, 0.5) is 11.4 Å². The van der Waals surface area contributed by atoms with E-state index < -0.39 is 0 Å². The van der Waals surface area contributed by atoms with E-state index in [-0.39, 0.29) is 11.8 Å². The minimum absolute atomic E-state index is 0.205. The Morgan fingerprint density at radius 1 is 1.07 bits per heavy atom. The fourth-order valence-electron chi connectivity index (χ4n) is 1.11. The fourth-order valence-corrected chi connectivity index (χ4v) is 1.28. The molecule has 2 N–H and O–H groups in total. The van der Waals surface area contributed by atoms with E-state index >= 15 is 0 Å². The maximum atomic E-state index is 10.9. The Hall–Kier alpha value is -1.55. The first-order valence-corrected chi connectivity index (χ1v) is 4.71. The molecule has 5 heteroatoms. The van der Waals surface area contributed by atoms with Gasteiger partial charge < -0.3 is 10.6 Å². The van der Waals surface area contributed by atoms with Gasteiger partial charge in [0.2, 0.25) is 11.8 Å². The van der Waals surface area contributed by atoms with E-state index in [4.69, 9.17) is 11.6 Å². The molecule has 0 unspecified atom stereocenters. The highest BCUT2D eigenvalue weighted by Gasteiger charge is 2.05. The lowest BCUT2D eigenvalue weighted by molar-refractivity contribution is -0.115. The Balaban J connectivity index is 3.02. The summed E-state index contributed by atoms with van der Waals surface area (Å²) >= 11 is 5.77. The number of benzene rings is 1. The SMILES string of the molecule is CC(=O)Nc1ccc(Cl)cc1NC(C)=O. The van der Waals surface area contributed by atoms with E-state index in [0.29, 0.717) is 16.4 Å². The summed E-state index contributed by atoms with van der Waals surface area (Å²) in [5.41, 5.74) is 1.02. The quantitative estimate of drug-likeness (QED) is 0.813. The Labute approximate surface area is 92.6 Å². The molecule has 0 atom stereocenters. The molecule has 0 radical (unpaired) electrons. The molecule has 0 spiro atoms. The number of hydrogen-bond acceptors (Lipinski definition) is 2. The molecular weight excluding hydrogens is 216 g/mol. The predicted molar refractivity (Wildman–Crippen MR) is 60.1 cm³/mol. The molecule has 0 bridgehead atoms. The van der Waals surface area contributed by atoms with Gasteiger partial charge in [0.1, 0.15) is 0 Å². The number of halogens is 1.